The van der Waals surface area contributed by atoms with Crippen molar-refractivity contribution >= 4 is 6.09 Å². The molecule has 1 amide bonds. The van der Waals surface area contributed by atoms with Crippen molar-refractivity contribution < 1.29 is 9.53 Å². The fourth-order valence-electron chi connectivity index (χ4n) is 1.98. The SMILES string of the molecule is CC(C)(C)OC(=O)NCc1cnc2c(c1)CNCC2. The number of amides is 1. The lowest BCUT2D eigenvalue weighted by Gasteiger charge is -2.20. The van der Waals surface area contributed by atoms with Crippen LogP contribution in [0, 0.1) is 0 Å². The predicted molar refractivity (Wildman–Crippen MR) is 72.7 cm³/mol. The van der Waals surface area contributed by atoms with Gasteiger partial charge < -0.3 is 15.4 Å². The molecule has 0 aromatic carbocycles. The van der Waals surface area contributed by atoms with Crippen LogP contribution in [-0.4, -0.2) is 23.2 Å². The second-order valence-electron chi connectivity index (χ2n) is 5.73. The van der Waals surface area contributed by atoms with E-state index in [1.54, 1.807) is 0 Å². The molecule has 0 saturated heterocycles. The van der Waals surface area contributed by atoms with Gasteiger partial charge in [-0.15, -0.1) is 0 Å². The third-order valence-corrected chi connectivity index (χ3v) is 2.81. The predicted octanol–water partition coefficient (Wildman–Crippen LogP) is 1.75. The third kappa shape index (κ3) is 4.21. The van der Waals surface area contributed by atoms with E-state index in [9.17, 15) is 4.79 Å². The second kappa shape index (κ2) is 5.57. The highest BCUT2D eigenvalue weighted by atomic mass is 16.6. The molecule has 0 bridgehead atoms. The molecule has 0 atom stereocenters. The van der Waals surface area contributed by atoms with E-state index in [0.717, 1.165) is 30.8 Å². The number of ether oxygens (including phenoxy) is 1. The van der Waals surface area contributed by atoms with Gasteiger partial charge in [0.1, 0.15) is 5.60 Å². The smallest absolute Gasteiger partial charge is 0.407 e. The van der Waals surface area contributed by atoms with Gasteiger partial charge in [-0.05, 0) is 38.0 Å². The van der Waals surface area contributed by atoms with Crippen LogP contribution in [0.1, 0.15) is 37.6 Å². The van der Waals surface area contributed by atoms with Crippen LogP contribution < -0.4 is 10.6 Å². The highest BCUT2D eigenvalue weighted by Gasteiger charge is 2.16. The van der Waals surface area contributed by atoms with E-state index in [-0.39, 0.29) is 0 Å². The quantitative estimate of drug-likeness (QED) is 0.853. The van der Waals surface area contributed by atoms with E-state index >= 15 is 0 Å². The van der Waals surface area contributed by atoms with Crippen LogP contribution >= 0.6 is 0 Å². The zero-order valence-corrected chi connectivity index (χ0v) is 11.7. The third-order valence-electron chi connectivity index (χ3n) is 2.81. The van der Waals surface area contributed by atoms with Crippen LogP contribution in [0.4, 0.5) is 4.79 Å². The van der Waals surface area contributed by atoms with Gasteiger partial charge in [0, 0.05) is 37.9 Å². The summed E-state index contributed by atoms with van der Waals surface area (Å²) in [6, 6.07) is 2.09. The normalized spacial score (nSPS) is 14.7. The van der Waals surface area contributed by atoms with Crippen molar-refractivity contribution in [3.63, 3.8) is 0 Å². The molecule has 1 aromatic heterocycles. The van der Waals surface area contributed by atoms with Crippen LogP contribution in [0.15, 0.2) is 12.3 Å². The summed E-state index contributed by atoms with van der Waals surface area (Å²) in [5, 5.41) is 6.05. The molecule has 0 saturated carbocycles. The van der Waals surface area contributed by atoms with E-state index < -0.39 is 11.7 Å². The number of nitrogens with one attached hydrogen (secondary N) is 2. The molecule has 0 unspecified atom stereocenters. The summed E-state index contributed by atoms with van der Waals surface area (Å²) in [6.07, 6.45) is 2.39. The number of alkyl carbamates (subject to hydrolysis) is 1. The fraction of sp³-hybridized carbons (Fsp3) is 0.571. The number of hydrogen-bond acceptors (Lipinski definition) is 4. The summed E-state index contributed by atoms with van der Waals surface area (Å²) in [5.74, 6) is 0. The highest BCUT2D eigenvalue weighted by molar-refractivity contribution is 5.67. The summed E-state index contributed by atoms with van der Waals surface area (Å²) >= 11 is 0. The lowest BCUT2D eigenvalue weighted by molar-refractivity contribution is 0.0523. The summed E-state index contributed by atoms with van der Waals surface area (Å²) in [5.41, 5.74) is 2.89. The van der Waals surface area contributed by atoms with E-state index in [1.165, 1.54) is 5.56 Å². The minimum atomic E-state index is -0.470. The Kier molecular flexibility index (Phi) is 4.04. The molecular weight excluding hydrogens is 242 g/mol. The summed E-state index contributed by atoms with van der Waals surface area (Å²) < 4.78 is 5.19. The van der Waals surface area contributed by atoms with Crippen LogP contribution in [-0.2, 0) is 24.2 Å². The fourth-order valence-corrected chi connectivity index (χ4v) is 1.98. The molecule has 1 aliphatic rings. The van der Waals surface area contributed by atoms with Crippen molar-refractivity contribution in [1.29, 1.82) is 0 Å². The van der Waals surface area contributed by atoms with Crippen LogP contribution in [0.3, 0.4) is 0 Å². The van der Waals surface area contributed by atoms with Gasteiger partial charge in [-0.1, -0.05) is 0 Å². The monoisotopic (exact) mass is 263 g/mol. The minimum Gasteiger partial charge on any atom is -0.444 e. The molecular formula is C14H21N3O2. The van der Waals surface area contributed by atoms with Crippen molar-refractivity contribution in [2.75, 3.05) is 6.54 Å². The van der Waals surface area contributed by atoms with Crippen molar-refractivity contribution in [3.05, 3.63) is 29.1 Å². The molecule has 2 rings (SSSR count). The highest BCUT2D eigenvalue weighted by Crippen LogP contribution is 2.13. The number of rotatable bonds is 2. The molecule has 1 aliphatic heterocycles. The van der Waals surface area contributed by atoms with Crippen LogP contribution in [0.2, 0.25) is 0 Å². The summed E-state index contributed by atoms with van der Waals surface area (Å²) in [4.78, 5) is 16.0. The topological polar surface area (TPSA) is 63.2 Å². The molecule has 19 heavy (non-hydrogen) atoms. The van der Waals surface area contributed by atoms with Gasteiger partial charge in [-0.25, -0.2) is 4.79 Å². The molecule has 0 spiro atoms. The van der Waals surface area contributed by atoms with Gasteiger partial charge in [0.05, 0.1) is 0 Å². The molecule has 5 heteroatoms. The number of aromatic nitrogens is 1. The Bertz CT molecular complexity index is 466. The Labute approximate surface area is 113 Å². The Morgan fingerprint density at radius 2 is 2.32 bits per heavy atom. The van der Waals surface area contributed by atoms with Crippen molar-refractivity contribution in [2.45, 2.75) is 45.9 Å². The van der Waals surface area contributed by atoms with E-state index in [2.05, 4.69) is 21.7 Å². The first-order chi connectivity index (χ1) is 8.94. The lowest BCUT2D eigenvalue weighted by atomic mass is 10.1. The molecule has 2 N–H and O–H groups in total. The first-order valence-electron chi connectivity index (χ1n) is 6.58. The number of fused-ring (bicyclic) bond motifs is 1. The van der Waals surface area contributed by atoms with Gasteiger partial charge in [0.2, 0.25) is 0 Å². The first kappa shape index (κ1) is 13.8. The number of nitrogens with zero attached hydrogens (tertiary/aromatic N) is 1. The van der Waals surface area contributed by atoms with E-state index in [0.29, 0.717) is 6.54 Å². The van der Waals surface area contributed by atoms with Gasteiger partial charge in [0.25, 0.3) is 0 Å². The van der Waals surface area contributed by atoms with Crippen molar-refractivity contribution in [2.24, 2.45) is 0 Å². The maximum absolute atomic E-state index is 11.6. The van der Waals surface area contributed by atoms with Gasteiger partial charge in [-0.2, -0.15) is 0 Å². The standard InChI is InChI=1S/C14H21N3O2/c1-14(2,3)19-13(18)17-8-10-6-11-9-15-5-4-12(11)16-7-10/h6-7,15H,4-5,8-9H2,1-3H3,(H,17,18). The van der Waals surface area contributed by atoms with Crippen molar-refractivity contribution in [1.82, 2.24) is 15.6 Å². The molecule has 104 valence electrons. The Morgan fingerprint density at radius 3 is 3.05 bits per heavy atom. The van der Waals surface area contributed by atoms with E-state index in [4.69, 9.17) is 4.74 Å². The van der Waals surface area contributed by atoms with Gasteiger partial charge in [-0.3, -0.25) is 4.98 Å². The minimum absolute atomic E-state index is 0.400. The average molecular weight is 263 g/mol. The zero-order chi connectivity index (χ0) is 13.9. The number of hydrogen-bond donors (Lipinski definition) is 2. The maximum atomic E-state index is 11.6. The zero-order valence-electron chi connectivity index (χ0n) is 11.7. The Balaban J connectivity index is 1.91. The van der Waals surface area contributed by atoms with Gasteiger partial charge >= 0.3 is 6.09 Å². The molecule has 0 radical (unpaired) electrons. The number of carbonyl (C=O) groups excluding carboxylic acids is 1. The van der Waals surface area contributed by atoms with E-state index in [1.807, 2.05) is 27.0 Å². The molecule has 5 nitrogen and oxygen atoms in total. The lowest BCUT2D eigenvalue weighted by Crippen LogP contribution is -2.32. The Hall–Kier alpha value is -1.62. The average Bonchev–Trinajstić information content (AvgIpc) is 2.34. The van der Waals surface area contributed by atoms with Crippen LogP contribution in [0.5, 0.6) is 0 Å². The second-order valence-corrected chi connectivity index (χ2v) is 5.73. The molecule has 0 aliphatic carbocycles. The molecule has 0 fully saturated rings. The number of carbonyl (C=O) groups is 1. The molecule has 2 heterocycles. The summed E-state index contributed by atoms with van der Waals surface area (Å²) in [6.45, 7) is 7.81. The Morgan fingerprint density at radius 1 is 1.53 bits per heavy atom. The van der Waals surface area contributed by atoms with Crippen molar-refractivity contribution in [3.8, 4) is 0 Å². The van der Waals surface area contributed by atoms with Crippen LogP contribution in [0.25, 0.3) is 0 Å². The number of pyridine rings is 1. The first-order valence-corrected chi connectivity index (χ1v) is 6.58. The molecule has 1 aromatic rings. The maximum Gasteiger partial charge on any atom is 0.407 e. The largest absolute Gasteiger partial charge is 0.444 e. The summed E-state index contributed by atoms with van der Waals surface area (Å²) in [7, 11) is 0. The van der Waals surface area contributed by atoms with Gasteiger partial charge in [0.15, 0.2) is 0 Å².